The predicted octanol–water partition coefficient (Wildman–Crippen LogP) is 2.13. The van der Waals surface area contributed by atoms with Gasteiger partial charge in [0.2, 0.25) is 0 Å². The maximum absolute atomic E-state index is 6.06. The summed E-state index contributed by atoms with van der Waals surface area (Å²) in [6.45, 7) is 0. The summed E-state index contributed by atoms with van der Waals surface area (Å²) in [6, 6.07) is 7.90. The van der Waals surface area contributed by atoms with Gasteiger partial charge in [-0.15, -0.1) is 0 Å². The number of halogens is 1. The van der Waals surface area contributed by atoms with Crippen molar-refractivity contribution in [2.24, 2.45) is 5.73 Å². The van der Waals surface area contributed by atoms with E-state index in [2.05, 4.69) is 32.6 Å². The molecule has 0 aliphatic carbocycles. The van der Waals surface area contributed by atoms with E-state index in [1.165, 1.54) is 3.57 Å². The molecule has 0 amide bonds. The fourth-order valence-corrected chi connectivity index (χ4v) is 1.67. The normalized spacial score (nSPS) is 12.4. The van der Waals surface area contributed by atoms with Crippen LogP contribution >= 0.6 is 22.6 Å². The topological polar surface area (TPSA) is 51.8 Å². The van der Waals surface area contributed by atoms with Crippen molar-refractivity contribution >= 4 is 22.6 Å². The van der Waals surface area contributed by atoms with Crippen LogP contribution in [0.3, 0.4) is 0 Å². The quantitative estimate of drug-likeness (QED) is 0.865. The zero-order chi connectivity index (χ0) is 10.7. The molecule has 1 unspecified atom stereocenters. The Morgan fingerprint density at radius 3 is 2.47 bits per heavy atom. The second-order valence-corrected chi connectivity index (χ2v) is 4.41. The van der Waals surface area contributed by atoms with Crippen LogP contribution in [0.5, 0.6) is 0 Å². The van der Waals surface area contributed by atoms with Gasteiger partial charge in [-0.05, 0) is 40.3 Å². The first-order valence-electron chi connectivity index (χ1n) is 4.54. The Hall–Kier alpha value is -1.01. The fourth-order valence-electron chi connectivity index (χ4n) is 1.31. The lowest BCUT2D eigenvalue weighted by molar-refractivity contribution is 0.817. The van der Waals surface area contributed by atoms with E-state index >= 15 is 0 Å². The van der Waals surface area contributed by atoms with Gasteiger partial charge in [-0.2, -0.15) is 0 Å². The summed E-state index contributed by atoms with van der Waals surface area (Å²) in [5.41, 5.74) is 7.90. The van der Waals surface area contributed by atoms with E-state index in [4.69, 9.17) is 5.73 Å². The highest BCUT2D eigenvalue weighted by atomic mass is 127. The molecule has 0 radical (unpaired) electrons. The average Bonchev–Trinajstić information content (AvgIpc) is 2.30. The fraction of sp³-hybridized carbons (Fsp3) is 0.0909. The van der Waals surface area contributed by atoms with E-state index in [1.54, 1.807) is 18.6 Å². The Kier molecular flexibility index (Phi) is 3.27. The van der Waals surface area contributed by atoms with Crippen LogP contribution in [-0.4, -0.2) is 9.97 Å². The van der Waals surface area contributed by atoms with E-state index in [1.807, 2.05) is 24.3 Å². The van der Waals surface area contributed by atoms with Gasteiger partial charge >= 0.3 is 0 Å². The Labute approximate surface area is 102 Å². The van der Waals surface area contributed by atoms with Crippen LogP contribution in [0.25, 0.3) is 0 Å². The number of hydrogen-bond acceptors (Lipinski definition) is 3. The summed E-state index contributed by atoms with van der Waals surface area (Å²) in [6.07, 6.45) is 4.99. The molecule has 1 atom stereocenters. The van der Waals surface area contributed by atoms with E-state index in [9.17, 15) is 0 Å². The van der Waals surface area contributed by atoms with Crippen molar-refractivity contribution in [3.8, 4) is 0 Å². The predicted molar refractivity (Wildman–Crippen MR) is 67.2 cm³/mol. The van der Waals surface area contributed by atoms with Crippen molar-refractivity contribution in [3.63, 3.8) is 0 Å². The van der Waals surface area contributed by atoms with Crippen LogP contribution in [0.4, 0.5) is 0 Å². The van der Waals surface area contributed by atoms with Crippen molar-refractivity contribution in [1.29, 1.82) is 0 Å². The minimum atomic E-state index is -0.198. The van der Waals surface area contributed by atoms with Gasteiger partial charge in [0.25, 0.3) is 0 Å². The molecule has 0 aliphatic heterocycles. The third-order valence-corrected chi connectivity index (χ3v) is 2.85. The van der Waals surface area contributed by atoms with Crippen LogP contribution in [-0.2, 0) is 0 Å². The summed E-state index contributed by atoms with van der Waals surface area (Å²) in [5, 5.41) is 0. The number of nitrogens with two attached hydrogens (primary N) is 1. The number of hydrogen-bond donors (Lipinski definition) is 1. The number of aromatic nitrogens is 2. The molecule has 0 saturated heterocycles. The number of nitrogens with zero attached hydrogens (tertiary/aromatic N) is 2. The van der Waals surface area contributed by atoms with Crippen molar-refractivity contribution in [1.82, 2.24) is 9.97 Å². The van der Waals surface area contributed by atoms with E-state index in [0.717, 1.165) is 11.3 Å². The van der Waals surface area contributed by atoms with Gasteiger partial charge in [0.05, 0.1) is 17.9 Å². The molecule has 0 spiro atoms. The molecule has 4 heteroatoms. The molecule has 15 heavy (non-hydrogen) atoms. The Balaban J connectivity index is 2.29. The number of rotatable bonds is 2. The van der Waals surface area contributed by atoms with Gasteiger partial charge < -0.3 is 5.73 Å². The second-order valence-electron chi connectivity index (χ2n) is 3.16. The van der Waals surface area contributed by atoms with Gasteiger partial charge in [-0.3, -0.25) is 9.97 Å². The van der Waals surface area contributed by atoms with Gasteiger partial charge in [0.1, 0.15) is 0 Å². The lowest BCUT2D eigenvalue weighted by atomic mass is 10.1. The Bertz CT molecular complexity index is 427. The van der Waals surface area contributed by atoms with Crippen LogP contribution in [0.2, 0.25) is 0 Å². The smallest absolute Gasteiger partial charge is 0.0799 e. The maximum atomic E-state index is 6.06. The largest absolute Gasteiger partial charge is 0.319 e. The average molecular weight is 311 g/mol. The second kappa shape index (κ2) is 4.67. The van der Waals surface area contributed by atoms with E-state index in [0.29, 0.717) is 0 Å². The highest BCUT2D eigenvalue weighted by Gasteiger charge is 2.09. The molecule has 0 bridgehead atoms. The van der Waals surface area contributed by atoms with Gasteiger partial charge in [-0.25, -0.2) is 0 Å². The summed E-state index contributed by atoms with van der Waals surface area (Å²) in [5.74, 6) is 0. The molecule has 0 fully saturated rings. The molecular weight excluding hydrogens is 301 g/mol. The maximum Gasteiger partial charge on any atom is 0.0799 e. The molecule has 1 heterocycles. The first kappa shape index (κ1) is 10.5. The zero-order valence-electron chi connectivity index (χ0n) is 7.97. The summed E-state index contributed by atoms with van der Waals surface area (Å²) >= 11 is 2.27. The van der Waals surface area contributed by atoms with Crippen molar-refractivity contribution in [2.75, 3.05) is 0 Å². The summed E-state index contributed by atoms with van der Waals surface area (Å²) < 4.78 is 1.20. The van der Waals surface area contributed by atoms with Crippen LogP contribution in [0.15, 0.2) is 42.9 Å². The van der Waals surface area contributed by atoms with Gasteiger partial charge in [0.15, 0.2) is 0 Å². The Morgan fingerprint density at radius 1 is 1.13 bits per heavy atom. The van der Waals surface area contributed by atoms with Crippen molar-refractivity contribution in [3.05, 3.63) is 57.7 Å². The van der Waals surface area contributed by atoms with Gasteiger partial charge in [-0.1, -0.05) is 12.1 Å². The first-order valence-corrected chi connectivity index (χ1v) is 5.62. The third-order valence-electron chi connectivity index (χ3n) is 2.13. The molecule has 2 N–H and O–H groups in total. The Morgan fingerprint density at radius 2 is 1.87 bits per heavy atom. The molecular formula is C11H10IN3. The van der Waals surface area contributed by atoms with E-state index < -0.39 is 0 Å². The number of benzene rings is 1. The zero-order valence-corrected chi connectivity index (χ0v) is 10.1. The third kappa shape index (κ3) is 2.51. The molecule has 1 aromatic carbocycles. The minimum Gasteiger partial charge on any atom is -0.319 e. The van der Waals surface area contributed by atoms with Crippen molar-refractivity contribution in [2.45, 2.75) is 6.04 Å². The van der Waals surface area contributed by atoms with Crippen molar-refractivity contribution < 1.29 is 0 Å². The van der Waals surface area contributed by atoms with E-state index in [-0.39, 0.29) is 6.04 Å². The molecule has 76 valence electrons. The molecule has 0 aliphatic rings. The molecule has 0 saturated carbocycles. The first-order chi connectivity index (χ1) is 7.27. The molecule has 2 aromatic rings. The lowest BCUT2D eigenvalue weighted by Crippen LogP contribution is -2.13. The summed E-state index contributed by atoms with van der Waals surface area (Å²) in [7, 11) is 0. The molecule has 3 nitrogen and oxygen atoms in total. The SMILES string of the molecule is NC(c1ccc(I)cc1)c1cnccn1. The molecule has 1 aromatic heterocycles. The van der Waals surface area contributed by atoms with Crippen LogP contribution in [0.1, 0.15) is 17.3 Å². The monoisotopic (exact) mass is 311 g/mol. The summed E-state index contributed by atoms with van der Waals surface area (Å²) in [4.78, 5) is 8.19. The minimum absolute atomic E-state index is 0.198. The van der Waals surface area contributed by atoms with Gasteiger partial charge in [0, 0.05) is 16.0 Å². The highest BCUT2D eigenvalue weighted by Crippen LogP contribution is 2.17. The highest BCUT2D eigenvalue weighted by molar-refractivity contribution is 14.1. The lowest BCUT2D eigenvalue weighted by Gasteiger charge is -2.10. The standard InChI is InChI=1S/C11H10IN3/c12-9-3-1-8(2-4-9)11(13)10-7-14-5-6-15-10/h1-7,11H,13H2. The van der Waals surface area contributed by atoms with Crippen LogP contribution in [0, 0.1) is 3.57 Å². The van der Waals surface area contributed by atoms with Crippen LogP contribution < -0.4 is 5.73 Å². The molecule has 2 rings (SSSR count).